The topological polar surface area (TPSA) is 41.1 Å². The number of aryl methyl sites for hydroxylation is 2. The lowest BCUT2D eigenvalue weighted by molar-refractivity contribution is -0.117. The molecular weight excluding hydrogens is 272 g/mol. The van der Waals surface area contributed by atoms with Crippen molar-refractivity contribution in [3.8, 4) is 0 Å². The largest absolute Gasteiger partial charge is 0.326 e. The molecule has 3 nitrogen and oxygen atoms in total. The van der Waals surface area contributed by atoms with Crippen molar-refractivity contribution in [3.05, 3.63) is 29.3 Å². The molecule has 3 atom stereocenters. The molecule has 2 bridgehead atoms. The highest BCUT2D eigenvalue weighted by Gasteiger charge is 2.34. The fourth-order valence-corrected chi connectivity index (χ4v) is 4.07. The molecule has 1 aromatic carbocycles. The number of carbonyl (C=O) groups is 1. The zero-order chi connectivity index (χ0) is 15.5. The van der Waals surface area contributed by atoms with Gasteiger partial charge in [0.2, 0.25) is 5.91 Å². The van der Waals surface area contributed by atoms with Crippen LogP contribution in [0.3, 0.4) is 0 Å². The van der Waals surface area contributed by atoms with Crippen LogP contribution >= 0.6 is 0 Å². The molecule has 2 fully saturated rings. The Bertz CT molecular complexity index is 528. The molecule has 1 unspecified atom stereocenters. The first-order chi connectivity index (χ1) is 10.7. The number of hydrogen-bond acceptors (Lipinski definition) is 2. The Balaban J connectivity index is 1.61. The predicted octanol–water partition coefficient (Wildman–Crippen LogP) is 3.67. The first-order valence-corrected chi connectivity index (χ1v) is 8.85. The van der Waals surface area contributed by atoms with Gasteiger partial charge in [-0.25, -0.2) is 0 Å². The lowest BCUT2D eigenvalue weighted by atomic mass is 9.89. The molecule has 1 aromatic rings. The maximum atomic E-state index is 12.5. The zero-order valence-corrected chi connectivity index (χ0v) is 13.8. The van der Waals surface area contributed by atoms with Crippen LogP contribution in [0.2, 0.25) is 0 Å². The number of anilines is 1. The second-order valence-electron chi connectivity index (χ2n) is 6.93. The number of rotatable bonds is 5. The molecule has 0 aromatic heterocycles. The Kier molecular flexibility index (Phi) is 4.82. The van der Waals surface area contributed by atoms with Crippen LogP contribution in [0.1, 0.15) is 57.1 Å². The fraction of sp³-hybridized carbons (Fsp3) is 0.632. The highest BCUT2D eigenvalue weighted by Crippen LogP contribution is 2.33. The van der Waals surface area contributed by atoms with Crippen LogP contribution < -0.4 is 10.6 Å². The SMILES string of the molecule is CCc1ccc(CC)c(NC(=O)CC2C[C@H]3CC[C@@H](C2)N3)c1. The van der Waals surface area contributed by atoms with Gasteiger partial charge in [0, 0.05) is 24.2 Å². The minimum atomic E-state index is 0.189. The lowest BCUT2D eigenvalue weighted by Crippen LogP contribution is -2.39. The summed E-state index contributed by atoms with van der Waals surface area (Å²) in [5, 5.41) is 6.82. The summed E-state index contributed by atoms with van der Waals surface area (Å²) in [5.41, 5.74) is 3.53. The molecule has 0 spiro atoms. The normalized spacial score (nSPS) is 26.9. The molecule has 3 rings (SSSR count). The standard InChI is InChI=1S/C19H28N2O/c1-3-13-5-6-15(4-2)18(11-13)21-19(22)12-14-9-16-7-8-17(10-14)20-16/h5-6,11,14,16-17,20H,3-4,7-10,12H2,1-2H3,(H,21,22)/t14?,16-,17+. The van der Waals surface area contributed by atoms with Gasteiger partial charge < -0.3 is 10.6 Å². The molecule has 2 aliphatic heterocycles. The third-order valence-corrected chi connectivity index (χ3v) is 5.28. The van der Waals surface area contributed by atoms with Crippen LogP contribution in [0.5, 0.6) is 0 Å². The summed E-state index contributed by atoms with van der Waals surface area (Å²) in [7, 11) is 0. The van der Waals surface area contributed by atoms with Crippen molar-refractivity contribution in [1.82, 2.24) is 5.32 Å². The summed E-state index contributed by atoms with van der Waals surface area (Å²) < 4.78 is 0. The van der Waals surface area contributed by atoms with E-state index < -0.39 is 0 Å². The van der Waals surface area contributed by atoms with E-state index in [0.29, 0.717) is 24.4 Å². The highest BCUT2D eigenvalue weighted by atomic mass is 16.1. The van der Waals surface area contributed by atoms with Gasteiger partial charge in [-0.1, -0.05) is 26.0 Å². The number of amides is 1. The molecular formula is C19H28N2O. The Labute approximate surface area is 133 Å². The number of carbonyl (C=O) groups excluding carboxylic acids is 1. The quantitative estimate of drug-likeness (QED) is 0.871. The zero-order valence-electron chi connectivity index (χ0n) is 13.8. The smallest absolute Gasteiger partial charge is 0.224 e. The molecule has 22 heavy (non-hydrogen) atoms. The van der Waals surface area contributed by atoms with Gasteiger partial charge in [-0.2, -0.15) is 0 Å². The fourth-order valence-electron chi connectivity index (χ4n) is 4.07. The number of fused-ring (bicyclic) bond motifs is 2. The number of nitrogens with one attached hydrogen (secondary N) is 2. The summed E-state index contributed by atoms with van der Waals surface area (Å²) in [6, 6.07) is 7.78. The van der Waals surface area contributed by atoms with Crippen LogP contribution in [0.25, 0.3) is 0 Å². The minimum Gasteiger partial charge on any atom is -0.326 e. The Morgan fingerprint density at radius 3 is 2.55 bits per heavy atom. The van der Waals surface area contributed by atoms with Crippen molar-refractivity contribution in [2.24, 2.45) is 5.92 Å². The van der Waals surface area contributed by atoms with Gasteiger partial charge in [0.05, 0.1) is 0 Å². The molecule has 2 saturated heterocycles. The van der Waals surface area contributed by atoms with Crippen molar-refractivity contribution in [1.29, 1.82) is 0 Å². The maximum absolute atomic E-state index is 12.5. The maximum Gasteiger partial charge on any atom is 0.224 e. The summed E-state index contributed by atoms with van der Waals surface area (Å²) in [6.45, 7) is 4.29. The lowest BCUT2D eigenvalue weighted by Gasteiger charge is -2.28. The Morgan fingerprint density at radius 2 is 1.91 bits per heavy atom. The molecule has 3 heteroatoms. The van der Waals surface area contributed by atoms with E-state index in [9.17, 15) is 4.79 Å². The second-order valence-corrected chi connectivity index (χ2v) is 6.93. The van der Waals surface area contributed by atoms with E-state index in [1.54, 1.807) is 0 Å². The van der Waals surface area contributed by atoms with E-state index in [-0.39, 0.29) is 5.91 Å². The van der Waals surface area contributed by atoms with Gasteiger partial charge in [0.25, 0.3) is 0 Å². The molecule has 0 aliphatic carbocycles. The van der Waals surface area contributed by atoms with E-state index in [1.807, 2.05) is 0 Å². The average Bonchev–Trinajstić information content (AvgIpc) is 2.85. The van der Waals surface area contributed by atoms with E-state index in [0.717, 1.165) is 18.5 Å². The van der Waals surface area contributed by atoms with Gasteiger partial charge in [0.1, 0.15) is 0 Å². The van der Waals surface area contributed by atoms with Gasteiger partial charge in [-0.15, -0.1) is 0 Å². The molecule has 0 saturated carbocycles. The van der Waals surface area contributed by atoms with Gasteiger partial charge >= 0.3 is 0 Å². The minimum absolute atomic E-state index is 0.189. The van der Waals surface area contributed by atoms with Crippen LogP contribution in [0.15, 0.2) is 18.2 Å². The number of hydrogen-bond donors (Lipinski definition) is 2. The van der Waals surface area contributed by atoms with E-state index in [1.165, 1.54) is 36.8 Å². The van der Waals surface area contributed by atoms with Crippen LogP contribution in [0, 0.1) is 5.92 Å². The van der Waals surface area contributed by atoms with E-state index in [2.05, 4.69) is 42.7 Å². The van der Waals surface area contributed by atoms with Crippen LogP contribution in [0.4, 0.5) is 5.69 Å². The number of benzene rings is 1. The van der Waals surface area contributed by atoms with Crippen molar-refractivity contribution in [2.45, 2.75) is 70.9 Å². The van der Waals surface area contributed by atoms with E-state index >= 15 is 0 Å². The summed E-state index contributed by atoms with van der Waals surface area (Å²) in [5.74, 6) is 0.743. The van der Waals surface area contributed by atoms with Gasteiger partial charge in [-0.05, 0) is 61.6 Å². The predicted molar refractivity (Wildman–Crippen MR) is 91.1 cm³/mol. The third-order valence-electron chi connectivity index (χ3n) is 5.28. The Hall–Kier alpha value is -1.35. The summed E-state index contributed by atoms with van der Waals surface area (Å²) >= 11 is 0. The second kappa shape index (κ2) is 6.82. The average molecular weight is 300 g/mol. The van der Waals surface area contributed by atoms with Crippen molar-refractivity contribution >= 4 is 11.6 Å². The van der Waals surface area contributed by atoms with Crippen molar-refractivity contribution in [2.75, 3.05) is 5.32 Å². The van der Waals surface area contributed by atoms with Crippen molar-refractivity contribution < 1.29 is 4.79 Å². The monoisotopic (exact) mass is 300 g/mol. The first kappa shape index (κ1) is 15.5. The van der Waals surface area contributed by atoms with Gasteiger partial charge in [-0.3, -0.25) is 4.79 Å². The molecule has 120 valence electrons. The van der Waals surface area contributed by atoms with Gasteiger partial charge in [0.15, 0.2) is 0 Å². The third kappa shape index (κ3) is 3.52. The molecule has 2 N–H and O–H groups in total. The first-order valence-electron chi connectivity index (χ1n) is 8.85. The molecule has 2 aliphatic rings. The molecule has 2 heterocycles. The van der Waals surface area contributed by atoms with Crippen LogP contribution in [-0.4, -0.2) is 18.0 Å². The summed E-state index contributed by atoms with van der Waals surface area (Å²) in [6.07, 6.45) is 7.55. The molecule has 1 amide bonds. The van der Waals surface area contributed by atoms with Crippen molar-refractivity contribution in [3.63, 3.8) is 0 Å². The summed E-state index contributed by atoms with van der Waals surface area (Å²) in [4.78, 5) is 12.5. The highest BCUT2D eigenvalue weighted by molar-refractivity contribution is 5.91. The molecule has 0 radical (unpaired) electrons. The van der Waals surface area contributed by atoms with Crippen LogP contribution in [-0.2, 0) is 17.6 Å². The Morgan fingerprint density at radius 1 is 1.18 bits per heavy atom. The number of piperidine rings is 1. The van der Waals surface area contributed by atoms with E-state index in [4.69, 9.17) is 0 Å².